The lowest BCUT2D eigenvalue weighted by Gasteiger charge is -2.31. The number of alkyl halides is 3. The van der Waals surface area contributed by atoms with Gasteiger partial charge in [-0.3, -0.25) is 19.3 Å². The summed E-state index contributed by atoms with van der Waals surface area (Å²) in [4.78, 5) is 36.3. The summed E-state index contributed by atoms with van der Waals surface area (Å²) in [6, 6.07) is 4.19. The second-order valence-electron chi connectivity index (χ2n) is 9.90. The highest BCUT2D eigenvalue weighted by Crippen LogP contribution is 2.42. The number of likely N-dealkylation sites (tertiary alicyclic amines) is 1. The van der Waals surface area contributed by atoms with Crippen LogP contribution in [0.1, 0.15) is 74.0 Å². The van der Waals surface area contributed by atoms with Gasteiger partial charge in [-0.15, -0.1) is 0 Å². The third-order valence-electron chi connectivity index (χ3n) is 7.17. The molecule has 1 saturated carbocycles. The van der Waals surface area contributed by atoms with Gasteiger partial charge >= 0.3 is 6.18 Å². The summed E-state index contributed by atoms with van der Waals surface area (Å²) in [7, 11) is -2.74. The molecule has 1 aliphatic heterocycles. The second-order valence-corrected chi connectivity index (χ2v) is 9.90. The number of hydrogen-bond donors (Lipinski definition) is 1. The van der Waals surface area contributed by atoms with E-state index in [4.69, 9.17) is 8.85 Å². The zero-order valence-electron chi connectivity index (χ0n) is 24.3. The molecule has 9 nitrogen and oxygen atoms in total. The lowest BCUT2D eigenvalue weighted by Crippen LogP contribution is -2.42. The maximum Gasteiger partial charge on any atom is 0.433 e. The van der Waals surface area contributed by atoms with Crippen LogP contribution in [-0.2, 0) is 17.5 Å². The van der Waals surface area contributed by atoms with Crippen LogP contribution in [0.15, 0.2) is 36.7 Å². The van der Waals surface area contributed by atoms with E-state index in [9.17, 15) is 22.8 Å². The van der Waals surface area contributed by atoms with Crippen molar-refractivity contribution < 1.29 is 31.6 Å². The Balaban J connectivity index is 1.48. The Morgan fingerprint density at radius 2 is 1.97 bits per heavy atom. The Hall–Kier alpha value is -3.96. The predicted octanol–water partition coefficient (Wildman–Crippen LogP) is 3.97. The molecule has 1 aromatic carbocycles. The van der Waals surface area contributed by atoms with E-state index in [1.807, 2.05) is 0 Å². The summed E-state index contributed by atoms with van der Waals surface area (Å²) in [6.07, 6.45) is -0.164. The zero-order valence-corrected chi connectivity index (χ0v) is 21.3. The summed E-state index contributed by atoms with van der Waals surface area (Å²) >= 11 is 0. The average molecular weight is 546 g/mol. The molecular weight excluding hydrogens is 513 g/mol. The Morgan fingerprint density at radius 1 is 1.18 bits per heavy atom. The molecule has 1 N–H and O–H groups in total. The van der Waals surface area contributed by atoms with Crippen molar-refractivity contribution in [3.05, 3.63) is 70.6 Å². The molecule has 0 spiro atoms. The molecule has 5 rings (SSSR count). The summed E-state index contributed by atoms with van der Waals surface area (Å²) in [5.74, 6) is -1.17. The molecule has 3 heterocycles. The zero-order chi connectivity index (χ0) is 30.4. The van der Waals surface area contributed by atoms with Gasteiger partial charge in [0.15, 0.2) is 0 Å². The van der Waals surface area contributed by atoms with Crippen LogP contribution in [0.5, 0.6) is 5.75 Å². The number of carbonyl (C=O) groups is 2. The molecule has 0 bridgehead atoms. The van der Waals surface area contributed by atoms with Crippen LogP contribution in [0.4, 0.5) is 13.2 Å². The Bertz CT molecular complexity index is 1490. The molecule has 0 unspecified atom stereocenters. The van der Waals surface area contributed by atoms with Crippen LogP contribution in [0.2, 0.25) is 0 Å². The van der Waals surface area contributed by atoms with Crippen molar-refractivity contribution in [2.75, 3.05) is 13.6 Å². The standard InChI is InChI=1S/C27H29F3N6O3/c1-15-12-32-21(13-31-15)26(38)33-19-9-10-35(25(19)18-5-4-6-22(39-3)16(18)2)24(37)14-36-23(27(28,29)30)11-20(34-36)17-7-8-17/h4-6,11-13,17,19,25H,7-10,14H2,1-3H3,(H,33,38)/t19-,25-/m1/s1/i3D3. The molecule has 2 aromatic heterocycles. The number of hydrogen-bond acceptors (Lipinski definition) is 6. The smallest absolute Gasteiger partial charge is 0.433 e. The van der Waals surface area contributed by atoms with E-state index in [0.29, 0.717) is 27.2 Å². The third kappa shape index (κ3) is 5.45. The van der Waals surface area contributed by atoms with Crippen molar-refractivity contribution in [3.63, 3.8) is 0 Å². The highest BCUT2D eigenvalue weighted by Gasteiger charge is 2.42. The quantitative estimate of drug-likeness (QED) is 0.482. The Morgan fingerprint density at radius 3 is 2.64 bits per heavy atom. The van der Waals surface area contributed by atoms with Crippen LogP contribution in [0.3, 0.4) is 0 Å². The van der Waals surface area contributed by atoms with Crippen LogP contribution < -0.4 is 10.1 Å². The highest BCUT2D eigenvalue weighted by molar-refractivity contribution is 5.92. The largest absolute Gasteiger partial charge is 0.496 e. The molecule has 2 atom stereocenters. The minimum Gasteiger partial charge on any atom is -0.496 e. The first-order valence-electron chi connectivity index (χ1n) is 14.0. The predicted molar refractivity (Wildman–Crippen MR) is 134 cm³/mol. The van der Waals surface area contributed by atoms with E-state index in [1.54, 1.807) is 26.0 Å². The SMILES string of the molecule is [2H]C([2H])([2H])Oc1cccc([C@@H]2[C@H](NC(=O)c3cnc(C)cn3)CCN2C(=O)Cn2nc(C3CC3)cc2C(F)(F)F)c1C. The van der Waals surface area contributed by atoms with Gasteiger partial charge in [0.05, 0.1) is 40.8 Å². The van der Waals surface area contributed by atoms with E-state index in [0.717, 1.165) is 18.9 Å². The van der Waals surface area contributed by atoms with Crippen LogP contribution >= 0.6 is 0 Å². The average Bonchev–Trinajstić information content (AvgIpc) is 3.53. The number of halogens is 3. The van der Waals surface area contributed by atoms with Crippen LogP contribution in [-0.4, -0.2) is 56.1 Å². The summed E-state index contributed by atoms with van der Waals surface area (Å²) in [6.45, 7) is 2.81. The molecule has 39 heavy (non-hydrogen) atoms. The number of aromatic nitrogens is 4. The number of rotatable bonds is 7. The number of aryl methyl sites for hydroxylation is 1. The lowest BCUT2D eigenvalue weighted by atomic mass is 9.95. The van der Waals surface area contributed by atoms with E-state index in [1.165, 1.54) is 23.4 Å². The number of amides is 2. The first-order valence-corrected chi connectivity index (χ1v) is 12.5. The summed E-state index contributed by atoms with van der Waals surface area (Å²) in [5, 5.41) is 7.00. The maximum atomic E-state index is 13.8. The van der Waals surface area contributed by atoms with E-state index >= 15 is 0 Å². The molecule has 1 aliphatic carbocycles. The van der Waals surface area contributed by atoms with E-state index in [-0.39, 0.29) is 30.3 Å². The van der Waals surface area contributed by atoms with Gasteiger partial charge in [0, 0.05) is 18.7 Å². The fourth-order valence-corrected chi connectivity index (χ4v) is 5.01. The van der Waals surface area contributed by atoms with Crippen molar-refractivity contribution in [2.24, 2.45) is 0 Å². The minimum atomic E-state index is -4.70. The summed E-state index contributed by atoms with van der Waals surface area (Å²) < 4.78 is 69.9. The van der Waals surface area contributed by atoms with Gasteiger partial charge in [-0.2, -0.15) is 18.3 Å². The van der Waals surface area contributed by atoms with Crippen molar-refractivity contribution in [1.82, 2.24) is 30.0 Å². The fourth-order valence-electron chi connectivity index (χ4n) is 5.01. The number of ether oxygens (including phenoxy) is 1. The molecule has 3 aromatic rings. The third-order valence-corrected chi connectivity index (χ3v) is 7.17. The first-order chi connectivity index (χ1) is 19.7. The van der Waals surface area contributed by atoms with Crippen molar-refractivity contribution in [3.8, 4) is 5.75 Å². The van der Waals surface area contributed by atoms with Crippen LogP contribution in [0.25, 0.3) is 0 Å². The Kier molecular flexibility index (Phi) is 6.07. The molecule has 2 aliphatic rings. The normalized spacial score (nSPS) is 20.7. The summed E-state index contributed by atoms with van der Waals surface area (Å²) in [5.41, 5.74) is 0.880. The topological polar surface area (TPSA) is 102 Å². The van der Waals surface area contributed by atoms with Crippen LogP contribution in [0, 0.1) is 13.8 Å². The molecular formula is C27H29F3N6O3. The molecule has 1 saturated heterocycles. The van der Waals surface area contributed by atoms with E-state index < -0.39 is 49.4 Å². The van der Waals surface area contributed by atoms with Gasteiger partial charge in [-0.1, -0.05) is 12.1 Å². The lowest BCUT2D eigenvalue weighted by molar-refractivity contribution is -0.146. The van der Waals surface area contributed by atoms with Gasteiger partial charge in [0.1, 0.15) is 23.7 Å². The number of nitrogens with one attached hydrogen (secondary N) is 1. The molecule has 2 fully saturated rings. The van der Waals surface area contributed by atoms with E-state index in [2.05, 4.69) is 20.4 Å². The van der Waals surface area contributed by atoms with Gasteiger partial charge < -0.3 is 15.0 Å². The van der Waals surface area contributed by atoms with Crippen molar-refractivity contribution >= 4 is 11.8 Å². The fraction of sp³-hybridized carbons (Fsp3) is 0.444. The monoisotopic (exact) mass is 545 g/mol. The van der Waals surface area contributed by atoms with Gasteiger partial charge in [0.2, 0.25) is 5.91 Å². The highest BCUT2D eigenvalue weighted by atomic mass is 19.4. The molecule has 206 valence electrons. The molecule has 12 heteroatoms. The Labute approximate surface area is 227 Å². The maximum absolute atomic E-state index is 13.8. The van der Waals surface area contributed by atoms with Crippen molar-refractivity contribution in [2.45, 2.75) is 63.8 Å². The molecule has 2 amide bonds. The second kappa shape index (κ2) is 10.3. The number of benzene rings is 1. The minimum absolute atomic E-state index is 0.0462. The van der Waals surface area contributed by atoms with Gasteiger partial charge in [-0.05, 0) is 56.4 Å². The number of nitrogens with zero attached hydrogens (tertiary/aromatic N) is 5. The number of carbonyl (C=O) groups excluding carboxylic acids is 2. The van der Waals surface area contributed by atoms with Gasteiger partial charge in [-0.25, -0.2) is 4.98 Å². The molecule has 0 radical (unpaired) electrons. The number of methoxy groups -OCH3 is 1. The van der Waals surface area contributed by atoms with Gasteiger partial charge in [0.25, 0.3) is 5.91 Å². The van der Waals surface area contributed by atoms with Crippen molar-refractivity contribution in [1.29, 1.82) is 0 Å². The first kappa shape index (κ1) is 23.0.